The zero-order chi connectivity index (χ0) is 18.5. The Morgan fingerprint density at radius 2 is 2.11 bits per heavy atom. The number of imidazole rings is 1. The number of nitrogens with zero attached hydrogens (tertiary/aromatic N) is 8. The van der Waals surface area contributed by atoms with Gasteiger partial charge in [-0.2, -0.15) is 0 Å². The minimum Gasteiger partial charge on any atom is -0.342 e. The molecule has 0 saturated carbocycles. The molecule has 9 heteroatoms. The third-order valence-electron chi connectivity index (χ3n) is 4.94. The first-order valence-electron chi connectivity index (χ1n) is 9.18. The molecule has 1 atom stereocenters. The van der Waals surface area contributed by atoms with Crippen LogP contribution in [0.2, 0.25) is 0 Å². The Labute approximate surface area is 157 Å². The van der Waals surface area contributed by atoms with E-state index < -0.39 is 0 Å². The van der Waals surface area contributed by atoms with Crippen molar-refractivity contribution in [2.45, 2.75) is 38.3 Å². The maximum Gasteiger partial charge on any atom is 0.224 e. The number of hydrogen-bond acceptors (Lipinski definition) is 6. The highest BCUT2D eigenvalue weighted by atomic mass is 16.2. The van der Waals surface area contributed by atoms with E-state index in [-0.39, 0.29) is 11.8 Å². The molecule has 0 bridgehead atoms. The van der Waals surface area contributed by atoms with Crippen molar-refractivity contribution in [3.63, 3.8) is 0 Å². The van der Waals surface area contributed by atoms with Gasteiger partial charge in [-0.05, 0) is 41.0 Å². The Bertz CT molecular complexity index is 861. The highest BCUT2D eigenvalue weighted by molar-refractivity contribution is 5.76. The van der Waals surface area contributed by atoms with Gasteiger partial charge in [0.1, 0.15) is 12.2 Å². The summed E-state index contributed by atoms with van der Waals surface area (Å²) in [7, 11) is 0. The van der Waals surface area contributed by atoms with Gasteiger partial charge in [0.15, 0.2) is 0 Å². The predicted molar refractivity (Wildman–Crippen MR) is 96.6 cm³/mol. The van der Waals surface area contributed by atoms with E-state index in [9.17, 15) is 4.79 Å². The summed E-state index contributed by atoms with van der Waals surface area (Å²) < 4.78 is 3.76. The van der Waals surface area contributed by atoms with E-state index in [2.05, 4.69) is 30.1 Å². The molecule has 1 aliphatic rings. The lowest BCUT2D eigenvalue weighted by molar-refractivity contribution is -0.132. The average molecular weight is 366 g/mol. The van der Waals surface area contributed by atoms with Gasteiger partial charge in [0.2, 0.25) is 5.91 Å². The summed E-state index contributed by atoms with van der Waals surface area (Å²) in [5.41, 5.74) is 1.19. The molecule has 1 saturated heterocycles. The Hall–Kier alpha value is -3.10. The van der Waals surface area contributed by atoms with Crippen molar-refractivity contribution in [1.29, 1.82) is 0 Å². The minimum atomic E-state index is 0.141. The van der Waals surface area contributed by atoms with Crippen LogP contribution in [0.4, 0.5) is 0 Å². The van der Waals surface area contributed by atoms with E-state index >= 15 is 0 Å². The second-order valence-electron chi connectivity index (χ2n) is 6.77. The quantitative estimate of drug-likeness (QED) is 0.649. The first kappa shape index (κ1) is 17.3. The number of piperidine rings is 1. The van der Waals surface area contributed by atoms with Gasteiger partial charge in [-0.15, -0.1) is 5.10 Å². The highest BCUT2D eigenvalue weighted by Gasteiger charge is 2.27. The lowest BCUT2D eigenvalue weighted by atomic mass is 9.96. The monoisotopic (exact) mass is 366 g/mol. The van der Waals surface area contributed by atoms with E-state index in [4.69, 9.17) is 0 Å². The number of carbonyl (C=O) groups excluding carboxylic acids is 1. The van der Waals surface area contributed by atoms with Crippen molar-refractivity contribution in [3.05, 3.63) is 54.6 Å². The van der Waals surface area contributed by atoms with Crippen LogP contribution in [-0.2, 0) is 17.9 Å². The zero-order valence-electron chi connectivity index (χ0n) is 15.1. The summed E-state index contributed by atoms with van der Waals surface area (Å²) in [5.74, 6) is 1.44. The van der Waals surface area contributed by atoms with E-state index in [0.717, 1.165) is 31.8 Å². The Balaban J connectivity index is 1.40. The van der Waals surface area contributed by atoms with Gasteiger partial charge < -0.3 is 9.47 Å². The number of amides is 1. The lowest BCUT2D eigenvalue weighted by Crippen LogP contribution is -2.40. The molecular weight excluding hydrogens is 344 g/mol. The van der Waals surface area contributed by atoms with Crippen LogP contribution in [0.1, 0.15) is 36.6 Å². The molecule has 4 rings (SSSR count). The molecule has 0 aliphatic carbocycles. The molecule has 0 radical (unpaired) electrons. The summed E-state index contributed by atoms with van der Waals surface area (Å²) in [6.45, 7) is 2.78. The smallest absolute Gasteiger partial charge is 0.224 e. The number of hydrogen-bond donors (Lipinski definition) is 0. The van der Waals surface area contributed by atoms with Crippen LogP contribution < -0.4 is 0 Å². The third-order valence-corrected chi connectivity index (χ3v) is 4.94. The van der Waals surface area contributed by atoms with Crippen molar-refractivity contribution in [1.82, 2.24) is 39.6 Å². The first-order chi connectivity index (χ1) is 13.3. The number of carbonyl (C=O) groups is 1. The molecule has 1 aliphatic heterocycles. The minimum absolute atomic E-state index is 0.141. The summed E-state index contributed by atoms with van der Waals surface area (Å²) in [6, 6.07) is 4.03. The number of tetrazole rings is 1. The Kier molecular flexibility index (Phi) is 5.17. The van der Waals surface area contributed by atoms with Crippen LogP contribution in [0, 0.1) is 0 Å². The topological polar surface area (TPSA) is 94.6 Å². The SMILES string of the molecule is O=C(CCn1cnnn1)N1CCCC(c2nccn2Cc2ccncc2)C1. The van der Waals surface area contributed by atoms with E-state index in [1.807, 2.05) is 29.4 Å². The van der Waals surface area contributed by atoms with Crippen molar-refractivity contribution < 1.29 is 4.79 Å². The van der Waals surface area contributed by atoms with Gasteiger partial charge >= 0.3 is 0 Å². The summed E-state index contributed by atoms with van der Waals surface area (Å²) in [5, 5.41) is 11.0. The largest absolute Gasteiger partial charge is 0.342 e. The molecule has 27 heavy (non-hydrogen) atoms. The first-order valence-corrected chi connectivity index (χ1v) is 9.18. The third kappa shape index (κ3) is 4.18. The van der Waals surface area contributed by atoms with E-state index in [0.29, 0.717) is 19.5 Å². The molecule has 4 heterocycles. The number of pyridine rings is 1. The predicted octanol–water partition coefficient (Wildman–Crippen LogP) is 1.11. The van der Waals surface area contributed by atoms with Crippen molar-refractivity contribution in [2.75, 3.05) is 13.1 Å². The van der Waals surface area contributed by atoms with E-state index in [1.54, 1.807) is 17.1 Å². The van der Waals surface area contributed by atoms with Crippen LogP contribution in [0.25, 0.3) is 0 Å². The second kappa shape index (κ2) is 8.07. The van der Waals surface area contributed by atoms with Gasteiger partial charge in [0.25, 0.3) is 0 Å². The lowest BCUT2D eigenvalue weighted by Gasteiger charge is -2.32. The van der Waals surface area contributed by atoms with Crippen LogP contribution in [0.5, 0.6) is 0 Å². The molecular formula is C18H22N8O. The van der Waals surface area contributed by atoms with Crippen molar-refractivity contribution >= 4 is 5.91 Å². The van der Waals surface area contributed by atoms with Crippen LogP contribution in [0.15, 0.2) is 43.2 Å². The number of likely N-dealkylation sites (tertiary alicyclic amines) is 1. The molecule has 1 unspecified atom stereocenters. The van der Waals surface area contributed by atoms with Crippen molar-refractivity contribution in [3.8, 4) is 0 Å². The maximum atomic E-state index is 12.6. The summed E-state index contributed by atoms with van der Waals surface area (Å²) in [6.07, 6.45) is 11.4. The Morgan fingerprint density at radius 3 is 2.93 bits per heavy atom. The van der Waals surface area contributed by atoms with E-state index in [1.165, 1.54) is 11.9 Å². The summed E-state index contributed by atoms with van der Waals surface area (Å²) >= 11 is 0. The van der Waals surface area contributed by atoms with Crippen LogP contribution >= 0.6 is 0 Å². The zero-order valence-corrected chi connectivity index (χ0v) is 15.1. The molecule has 1 amide bonds. The van der Waals surface area contributed by atoms with Gasteiger partial charge in [0.05, 0.1) is 6.54 Å². The summed E-state index contributed by atoms with van der Waals surface area (Å²) in [4.78, 5) is 23.2. The molecule has 1 fully saturated rings. The maximum absolute atomic E-state index is 12.6. The molecule has 3 aromatic rings. The molecule has 140 valence electrons. The highest BCUT2D eigenvalue weighted by Crippen LogP contribution is 2.26. The van der Waals surface area contributed by atoms with Crippen LogP contribution in [0.3, 0.4) is 0 Å². The van der Waals surface area contributed by atoms with Crippen LogP contribution in [-0.4, -0.2) is 58.6 Å². The van der Waals surface area contributed by atoms with Gasteiger partial charge in [0, 0.05) is 56.8 Å². The Morgan fingerprint density at radius 1 is 1.22 bits per heavy atom. The molecule has 3 aromatic heterocycles. The standard InChI is InChI=1S/C18H22N8O/c27-17(5-10-26-14-21-22-23-26)24-9-1-2-16(13-24)18-20-8-11-25(18)12-15-3-6-19-7-4-15/h3-4,6-8,11,14,16H,1-2,5,9-10,12-13H2. The van der Waals surface area contributed by atoms with Gasteiger partial charge in [-0.3, -0.25) is 9.78 Å². The average Bonchev–Trinajstić information content (AvgIpc) is 3.39. The molecule has 0 spiro atoms. The number of aromatic nitrogens is 7. The van der Waals surface area contributed by atoms with Gasteiger partial charge in [-0.25, -0.2) is 9.67 Å². The normalized spacial score (nSPS) is 17.2. The fourth-order valence-electron chi connectivity index (χ4n) is 3.56. The van der Waals surface area contributed by atoms with Gasteiger partial charge in [-0.1, -0.05) is 0 Å². The fraction of sp³-hybridized carbons (Fsp3) is 0.444. The molecule has 0 N–H and O–H groups in total. The molecule has 9 nitrogen and oxygen atoms in total. The molecule has 0 aromatic carbocycles. The van der Waals surface area contributed by atoms with Crippen molar-refractivity contribution in [2.24, 2.45) is 0 Å². The number of rotatable bonds is 6. The second-order valence-corrected chi connectivity index (χ2v) is 6.77. The number of aryl methyl sites for hydroxylation is 1. The fourth-order valence-corrected chi connectivity index (χ4v) is 3.56.